The molecule has 6 nitrogen and oxygen atoms in total. The summed E-state index contributed by atoms with van der Waals surface area (Å²) in [7, 11) is 0. The van der Waals surface area contributed by atoms with Crippen molar-refractivity contribution >= 4 is 5.91 Å². The Labute approximate surface area is 140 Å². The van der Waals surface area contributed by atoms with Crippen LogP contribution in [0.3, 0.4) is 0 Å². The monoisotopic (exact) mass is 327 g/mol. The summed E-state index contributed by atoms with van der Waals surface area (Å²) in [4.78, 5) is 16.8. The van der Waals surface area contributed by atoms with E-state index in [1.807, 2.05) is 37.3 Å². The number of fused-ring (bicyclic) bond motifs is 2. The molecule has 0 aliphatic carbocycles. The zero-order chi connectivity index (χ0) is 16.5. The van der Waals surface area contributed by atoms with Gasteiger partial charge in [0.25, 0.3) is 0 Å². The largest absolute Gasteiger partial charge is 0.374 e. The summed E-state index contributed by atoms with van der Waals surface area (Å²) in [5.41, 5.74) is 1.11. The van der Waals surface area contributed by atoms with Crippen molar-refractivity contribution in [2.75, 3.05) is 0 Å². The zero-order valence-electron chi connectivity index (χ0n) is 13.6. The number of hydrogen-bond acceptors (Lipinski definition) is 5. The van der Waals surface area contributed by atoms with Gasteiger partial charge >= 0.3 is 0 Å². The van der Waals surface area contributed by atoms with Crippen LogP contribution in [0.1, 0.15) is 49.5 Å². The van der Waals surface area contributed by atoms with E-state index in [0.717, 1.165) is 24.8 Å². The highest BCUT2D eigenvalue weighted by molar-refractivity contribution is 5.80. The summed E-state index contributed by atoms with van der Waals surface area (Å²) in [5, 5.41) is 7.00. The van der Waals surface area contributed by atoms with Crippen LogP contribution in [0.4, 0.5) is 0 Å². The van der Waals surface area contributed by atoms with Crippen molar-refractivity contribution in [3.05, 3.63) is 47.6 Å². The van der Waals surface area contributed by atoms with Gasteiger partial charge in [0.15, 0.2) is 5.82 Å². The van der Waals surface area contributed by atoms with Gasteiger partial charge in [0.1, 0.15) is 0 Å². The molecule has 0 saturated carbocycles. The van der Waals surface area contributed by atoms with Crippen LogP contribution < -0.4 is 5.32 Å². The number of nitrogens with zero attached hydrogens (tertiary/aromatic N) is 2. The Morgan fingerprint density at radius 3 is 2.88 bits per heavy atom. The number of rotatable bonds is 5. The minimum absolute atomic E-state index is 0.0316. The smallest absolute Gasteiger partial charge is 0.231 e. The normalized spacial score (nSPS) is 26.5. The average Bonchev–Trinajstić information content (AvgIpc) is 3.32. The van der Waals surface area contributed by atoms with E-state index in [2.05, 4.69) is 15.5 Å². The first-order valence-corrected chi connectivity index (χ1v) is 8.51. The molecule has 24 heavy (non-hydrogen) atoms. The molecular formula is C18H21N3O3. The lowest BCUT2D eigenvalue weighted by Crippen LogP contribution is -2.37. The van der Waals surface area contributed by atoms with E-state index < -0.39 is 0 Å². The van der Waals surface area contributed by atoms with Crippen molar-refractivity contribution in [2.45, 2.75) is 50.9 Å². The Balaban J connectivity index is 1.36. The fourth-order valence-electron chi connectivity index (χ4n) is 3.58. The predicted octanol–water partition coefficient (Wildman–Crippen LogP) is 2.41. The van der Waals surface area contributed by atoms with Gasteiger partial charge in [-0.25, -0.2) is 0 Å². The number of ether oxygens (including phenoxy) is 1. The Hall–Kier alpha value is -2.21. The van der Waals surface area contributed by atoms with E-state index in [9.17, 15) is 4.79 Å². The molecule has 1 amide bonds. The Morgan fingerprint density at radius 1 is 1.33 bits per heavy atom. The molecule has 3 heterocycles. The summed E-state index contributed by atoms with van der Waals surface area (Å²) >= 11 is 0. The van der Waals surface area contributed by atoms with Crippen LogP contribution in [0.15, 0.2) is 34.9 Å². The van der Waals surface area contributed by atoms with Crippen LogP contribution in [0, 0.1) is 5.92 Å². The molecule has 4 rings (SSSR count). The lowest BCUT2D eigenvalue weighted by atomic mass is 9.88. The second kappa shape index (κ2) is 6.36. The van der Waals surface area contributed by atoms with E-state index in [4.69, 9.17) is 9.26 Å². The minimum atomic E-state index is -0.273. The molecule has 2 saturated heterocycles. The minimum Gasteiger partial charge on any atom is -0.374 e. The molecular weight excluding hydrogens is 306 g/mol. The SMILES string of the molecule is C[C@@H](NC(=O)[C@H]1C[C@H]2CC[C@H]1O2)c1noc(Cc2ccccc2)n1. The maximum absolute atomic E-state index is 12.4. The Morgan fingerprint density at radius 2 is 2.17 bits per heavy atom. The lowest BCUT2D eigenvalue weighted by Gasteiger charge is -2.19. The van der Waals surface area contributed by atoms with Gasteiger partial charge in [-0.1, -0.05) is 35.5 Å². The molecule has 2 aliphatic heterocycles. The van der Waals surface area contributed by atoms with Gasteiger partial charge in [-0.05, 0) is 31.7 Å². The third kappa shape index (κ3) is 3.06. The van der Waals surface area contributed by atoms with Crippen LogP contribution in [-0.2, 0) is 16.0 Å². The molecule has 0 unspecified atom stereocenters. The van der Waals surface area contributed by atoms with Crippen molar-refractivity contribution in [3.63, 3.8) is 0 Å². The highest BCUT2D eigenvalue weighted by Crippen LogP contribution is 2.39. The number of nitrogens with one attached hydrogen (secondary N) is 1. The van der Waals surface area contributed by atoms with Gasteiger partial charge in [0, 0.05) is 0 Å². The van der Waals surface area contributed by atoms with Gasteiger partial charge in [-0.15, -0.1) is 0 Å². The highest BCUT2D eigenvalue weighted by Gasteiger charge is 2.44. The molecule has 0 spiro atoms. The van der Waals surface area contributed by atoms with Gasteiger partial charge in [0.2, 0.25) is 11.8 Å². The molecule has 1 aromatic carbocycles. The molecule has 1 N–H and O–H groups in total. The van der Waals surface area contributed by atoms with Gasteiger partial charge in [0.05, 0.1) is 30.6 Å². The lowest BCUT2D eigenvalue weighted by molar-refractivity contribution is -0.127. The van der Waals surface area contributed by atoms with E-state index in [-0.39, 0.29) is 30.1 Å². The van der Waals surface area contributed by atoms with E-state index >= 15 is 0 Å². The van der Waals surface area contributed by atoms with Crippen molar-refractivity contribution in [3.8, 4) is 0 Å². The molecule has 1 aromatic heterocycles. The Bertz CT molecular complexity index is 715. The van der Waals surface area contributed by atoms with Gasteiger partial charge in [-0.2, -0.15) is 4.98 Å². The van der Waals surface area contributed by atoms with Crippen molar-refractivity contribution in [2.24, 2.45) is 5.92 Å². The third-order valence-electron chi connectivity index (χ3n) is 4.87. The van der Waals surface area contributed by atoms with Crippen LogP contribution >= 0.6 is 0 Å². The first kappa shape index (κ1) is 15.3. The summed E-state index contributed by atoms with van der Waals surface area (Å²) in [6.45, 7) is 1.88. The molecule has 0 radical (unpaired) electrons. The molecule has 2 aliphatic rings. The summed E-state index contributed by atoms with van der Waals surface area (Å²) < 4.78 is 11.1. The van der Waals surface area contributed by atoms with Crippen LogP contribution in [-0.4, -0.2) is 28.3 Å². The molecule has 4 atom stereocenters. The fourth-order valence-corrected chi connectivity index (χ4v) is 3.58. The van der Waals surface area contributed by atoms with Gasteiger partial charge < -0.3 is 14.6 Å². The zero-order valence-corrected chi connectivity index (χ0v) is 13.6. The van der Waals surface area contributed by atoms with Crippen molar-refractivity contribution in [1.29, 1.82) is 0 Å². The Kier molecular flexibility index (Phi) is 4.06. The second-order valence-electron chi connectivity index (χ2n) is 6.66. The van der Waals surface area contributed by atoms with E-state index in [0.29, 0.717) is 18.1 Å². The summed E-state index contributed by atoms with van der Waals surface area (Å²) in [5.74, 6) is 1.06. The molecule has 2 fully saturated rings. The standard InChI is InChI=1S/C18H21N3O3/c1-11(19-18(22)14-10-13-7-8-15(14)23-13)17-20-16(24-21-17)9-12-5-3-2-4-6-12/h2-6,11,13-15H,7-10H2,1H3,(H,19,22)/t11-,13-,14+,15-/m1/s1. The number of benzene rings is 1. The molecule has 2 bridgehead atoms. The number of amides is 1. The molecule has 126 valence electrons. The van der Waals surface area contributed by atoms with Gasteiger partial charge in [-0.3, -0.25) is 4.79 Å². The van der Waals surface area contributed by atoms with Crippen LogP contribution in [0.5, 0.6) is 0 Å². The third-order valence-corrected chi connectivity index (χ3v) is 4.87. The number of aromatic nitrogens is 2. The highest BCUT2D eigenvalue weighted by atomic mass is 16.5. The number of carbonyl (C=O) groups excluding carboxylic acids is 1. The predicted molar refractivity (Wildman–Crippen MR) is 86.1 cm³/mol. The second-order valence-corrected chi connectivity index (χ2v) is 6.66. The maximum Gasteiger partial charge on any atom is 0.231 e. The number of carbonyl (C=O) groups is 1. The van der Waals surface area contributed by atoms with Crippen molar-refractivity contribution in [1.82, 2.24) is 15.5 Å². The number of hydrogen-bond donors (Lipinski definition) is 1. The topological polar surface area (TPSA) is 77.2 Å². The molecule has 2 aromatic rings. The first-order chi connectivity index (χ1) is 11.7. The van der Waals surface area contributed by atoms with E-state index in [1.165, 1.54) is 0 Å². The maximum atomic E-state index is 12.4. The van der Waals surface area contributed by atoms with E-state index in [1.54, 1.807) is 0 Å². The van der Waals surface area contributed by atoms with Crippen molar-refractivity contribution < 1.29 is 14.1 Å². The molecule has 6 heteroatoms. The average molecular weight is 327 g/mol. The summed E-state index contributed by atoms with van der Waals surface area (Å²) in [6, 6.07) is 9.69. The van der Waals surface area contributed by atoms with Crippen LogP contribution in [0.2, 0.25) is 0 Å². The fraction of sp³-hybridized carbons (Fsp3) is 0.500. The summed E-state index contributed by atoms with van der Waals surface area (Å²) in [6.07, 6.45) is 3.84. The van der Waals surface area contributed by atoms with Crippen LogP contribution in [0.25, 0.3) is 0 Å². The quantitative estimate of drug-likeness (QED) is 0.912. The first-order valence-electron chi connectivity index (χ1n) is 8.51.